The third-order valence-corrected chi connectivity index (χ3v) is 15.8. The number of carbonyl (C=O) groups excluding carboxylic acids is 2. The highest BCUT2D eigenvalue weighted by Crippen LogP contribution is 2.77. The maximum atomic E-state index is 14.2. The van der Waals surface area contributed by atoms with Crippen LogP contribution in [0.1, 0.15) is 159 Å². The van der Waals surface area contributed by atoms with Crippen molar-refractivity contribution in [3.63, 3.8) is 0 Å². The number of amides is 1. The highest BCUT2D eigenvalue weighted by atomic mass is 16.6. The smallest absolute Gasteiger partial charge is 0.290 e. The van der Waals surface area contributed by atoms with E-state index in [9.17, 15) is 9.59 Å². The lowest BCUT2D eigenvalue weighted by atomic mass is 9.32. The fourth-order valence-electron chi connectivity index (χ4n) is 13.2. The van der Waals surface area contributed by atoms with Crippen LogP contribution in [0, 0.1) is 68.5 Å². The summed E-state index contributed by atoms with van der Waals surface area (Å²) >= 11 is 0. The molecule has 9 atom stereocenters. The third kappa shape index (κ3) is 9.55. The number of methoxy groups -OCH3 is 1. The molecule has 322 valence electrons. The van der Waals surface area contributed by atoms with Crippen LogP contribution in [0.3, 0.4) is 0 Å². The summed E-state index contributed by atoms with van der Waals surface area (Å²) in [4.78, 5) is 32.4. The van der Waals surface area contributed by atoms with Crippen LogP contribution in [0.15, 0.2) is 18.2 Å². The van der Waals surface area contributed by atoms with Crippen LogP contribution in [-0.4, -0.2) is 50.2 Å². The Balaban J connectivity index is 0.000000503. The average Bonchev–Trinajstić information content (AvgIpc) is 3.61. The van der Waals surface area contributed by atoms with Crippen molar-refractivity contribution < 1.29 is 33.7 Å². The van der Waals surface area contributed by atoms with Crippen LogP contribution in [0.25, 0.3) is 0 Å². The Morgan fingerprint density at radius 3 is 2.11 bits per heavy atom. The lowest BCUT2D eigenvalue weighted by Crippen LogP contribution is -2.67. The predicted octanol–water partition coefficient (Wildman–Crippen LogP) is 10.9. The third-order valence-electron chi connectivity index (χ3n) is 15.8. The molecule has 0 bridgehead atoms. The van der Waals surface area contributed by atoms with Gasteiger partial charge in [-0.2, -0.15) is 0 Å². The lowest BCUT2D eigenvalue weighted by Gasteiger charge is -2.72. The first-order valence-corrected chi connectivity index (χ1v) is 22.0. The summed E-state index contributed by atoms with van der Waals surface area (Å²) in [7, 11) is 1.93. The molecule has 8 unspecified atom stereocenters. The van der Waals surface area contributed by atoms with Crippen LogP contribution in [0.5, 0.6) is 11.5 Å². The number of rotatable bonds is 5. The molecule has 1 heterocycles. The Hall–Kier alpha value is -3.05. The number of benzene rings is 1. The molecular formula is C49H79NO7. The van der Waals surface area contributed by atoms with Crippen LogP contribution in [0.4, 0.5) is 0 Å². The molecule has 6 aliphatic rings. The van der Waals surface area contributed by atoms with E-state index in [0.717, 1.165) is 48.0 Å². The van der Waals surface area contributed by atoms with Gasteiger partial charge in [-0.25, -0.2) is 0 Å². The Bertz CT molecular complexity index is 1530. The van der Waals surface area contributed by atoms with E-state index in [1.807, 2.05) is 53.9 Å². The summed E-state index contributed by atoms with van der Waals surface area (Å²) in [6.45, 7) is 26.3. The summed E-state index contributed by atoms with van der Waals surface area (Å²) in [5.74, 6) is 6.82. The zero-order valence-electron chi connectivity index (χ0n) is 37.9. The second kappa shape index (κ2) is 19.8. The summed E-state index contributed by atoms with van der Waals surface area (Å²) in [5, 5.41) is 10.3. The van der Waals surface area contributed by atoms with Crippen LogP contribution < -0.4 is 14.8 Å². The number of hydrogen-bond donors (Lipinski definition) is 2. The van der Waals surface area contributed by atoms with Crippen molar-refractivity contribution in [2.75, 3.05) is 20.3 Å². The lowest BCUT2D eigenvalue weighted by molar-refractivity contribution is -0.246. The Morgan fingerprint density at radius 2 is 1.53 bits per heavy atom. The number of carboxylic acid groups (broad SMARTS) is 1. The van der Waals surface area contributed by atoms with Crippen molar-refractivity contribution in [2.24, 2.45) is 56.2 Å². The van der Waals surface area contributed by atoms with Crippen molar-refractivity contribution in [2.45, 2.75) is 166 Å². The summed E-state index contributed by atoms with van der Waals surface area (Å²) in [5.41, 5.74) is 2.33. The van der Waals surface area contributed by atoms with Gasteiger partial charge in [0.1, 0.15) is 19.5 Å². The fraction of sp³-hybridized carbons (Fsp3) is 0.776. The topological polar surface area (TPSA) is 111 Å². The van der Waals surface area contributed by atoms with Gasteiger partial charge in [0.25, 0.3) is 6.47 Å². The van der Waals surface area contributed by atoms with Gasteiger partial charge in [0.2, 0.25) is 5.91 Å². The Kier molecular flexibility index (Phi) is 16.8. The van der Waals surface area contributed by atoms with Crippen molar-refractivity contribution in [3.8, 4) is 23.8 Å². The molecule has 1 aromatic rings. The fourth-order valence-corrected chi connectivity index (χ4v) is 13.2. The van der Waals surface area contributed by atoms with E-state index in [0.29, 0.717) is 66.3 Å². The van der Waals surface area contributed by atoms with Crippen molar-refractivity contribution in [3.05, 3.63) is 23.8 Å². The molecule has 0 aromatic heterocycles. The van der Waals surface area contributed by atoms with E-state index in [4.69, 9.17) is 24.1 Å². The van der Waals surface area contributed by atoms with Gasteiger partial charge in [-0.05, 0) is 140 Å². The zero-order valence-corrected chi connectivity index (χ0v) is 37.9. The molecule has 5 aliphatic carbocycles. The minimum Gasteiger partial charge on any atom is -0.486 e. The first-order valence-electron chi connectivity index (χ1n) is 22.0. The number of fused-ring (bicyclic) bond motifs is 8. The highest BCUT2D eigenvalue weighted by molar-refractivity contribution is 5.83. The second-order valence-corrected chi connectivity index (χ2v) is 19.9. The second-order valence-electron chi connectivity index (χ2n) is 19.9. The first-order chi connectivity index (χ1) is 26.9. The standard InChI is InChI=1S/C37H55NO4.C6H12O.C3H4.C2H6.CH2O2/c1-33(2)29-13-17-36(5)30(34(29,3)16-14-31(33)40-6)12-10-25-26-8-7-15-37(26,19-18-35(25,36)4)32(39)38-23-24-9-11-27-28(22-24)42-21-20-41-27;1-6(2,3)4-5-7;1-3-2;1-2;2-1-3/h9,11,22,25-26,29-31H,7-8,10,12-21,23H2,1-6H3,(H,38,39);5H,4H2,1-3H3;1H,2H3;1-2H3;1H,(H,2,3)/t25?,26?,29?,30?,31?,34?,35-,36?,37?;;;;/m1..../s1. The molecule has 8 nitrogen and oxygen atoms in total. The van der Waals surface area contributed by atoms with Gasteiger partial charge in [0.05, 0.1) is 11.5 Å². The minimum absolute atomic E-state index is 0.182. The first kappa shape index (κ1) is 48.3. The van der Waals surface area contributed by atoms with Crippen molar-refractivity contribution >= 4 is 18.7 Å². The highest BCUT2D eigenvalue weighted by Gasteiger charge is 2.70. The van der Waals surface area contributed by atoms with Crippen LogP contribution >= 0.6 is 0 Å². The van der Waals surface area contributed by atoms with Gasteiger partial charge in [-0.1, -0.05) is 81.7 Å². The number of aldehydes is 1. The van der Waals surface area contributed by atoms with Gasteiger partial charge in [0, 0.05) is 20.1 Å². The van der Waals surface area contributed by atoms with Gasteiger partial charge < -0.3 is 29.4 Å². The predicted molar refractivity (Wildman–Crippen MR) is 230 cm³/mol. The molecule has 0 spiro atoms. The van der Waals surface area contributed by atoms with Crippen molar-refractivity contribution in [1.29, 1.82) is 0 Å². The summed E-state index contributed by atoms with van der Waals surface area (Å²) in [6.07, 6.45) is 20.1. The molecular weight excluding hydrogens is 715 g/mol. The van der Waals surface area contributed by atoms with Crippen molar-refractivity contribution in [1.82, 2.24) is 5.32 Å². The minimum atomic E-state index is -0.250. The molecule has 1 aromatic carbocycles. The number of ether oxygens (including phenoxy) is 3. The van der Waals surface area contributed by atoms with E-state index in [1.54, 1.807) is 6.92 Å². The number of hydrogen-bond acceptors (Lipinski definition) is 6. The van der Waals surface area contributed by atoms with E-state index >= 15 is 0 Å². The van der Waals surface area contributed by atoms with Crippen LogP contribution in [0.2, 0.25) is 0 Å². The SMILES string of the molecule is C#CC.CC.CC(C)(C)CC=O.COC1CCC2(C)C(CCC3(C)C2CCC2C4CCCC4(C(=O)NCc4ccc5c(c4)OCCO5)CC[C@]23C)C1(C)C.O=CO. The number of nitrogens with one attached hydrogen (secondary N) is 1. The summed E-state index contributed by atoms with van der Waals surface area (Å²) in [6, 6.07) is 6.09. The molecule has 0 radical (unpaired) electrons. The molecule has 8 heteroatoms. The molecule has 0 saturated heterocycles. The molecule has 5 saturated carbocycles. The van der Waals surface area contributed by atoms with Gasteiger partial charge in [0.15, 0.2) is 11.5 Å². The maximum absolute atomic E-state index is 14.2. The normalized spacial score (nSPS) is 35.1. The molecule has 1 amide bonds. The zero-order chi connectivity index (χ0) is 42.9. The van der Waals surface area contributed by atoms with E-state index in [-0.39, 0.29) is 22.7 Å². The molecule has 5 fully saturated rings. The Labute approximate surface area is 346 Å². The number of carbonyl (C=O) groups is 3. The Morgan fingerprint density at radius 1 is 0.895 bits per heavy atom. The van der Waals surface area contributed by atoms with E-state index in [2.05, 4.69) is 58.3 Å². The average molecular weight is 794 g/mol. The molecule has 2 N–H and O–H groups in total. The number of terminal acetylenes is 1. The molecule has 1 aliphatic heterocycles. The van der Waals surface area contributed by atoms with Gasteiger partial charge in [-0.3, -0.25) is 9.59 Å². The molecule has 57 heavy (non-hydrogen) atoms. The quantitative estimate of drug-likeness (QED) is 0.226. The molecule has 7 rings (SSSR count). The van der Waals surface area contributed by atoms with E-state index < -0.39 is 0 Å². The van der Waals surface area contributed by atoms with Gasteiger partial charge in [-0.15, -0.1) is 12.3 Å². The maximum Gasteiger partial charge on any atom is 0.290 e. The van der Waals surface area contributed by atoms with E-state index in [1.165, 1.54) is 57.8 Å². The van der Waals surface area contributed by atoms with Gasteiger partial charge >= 0.3 is 0 Å². The monoisotopic (exact) mass is 794 g/mol. The summed E-state index contributed by atoms with van der Waals surface area (Å²) < 4.78 is 17.6. The largest absolute Gasteiger partial charge is 0.486 e. The van der Waals surface area contributed by atoms with Crippen LogP contribution in [-0.2, 0) is 25.7 Å².